The summed E-state index contributed by atoms with van der Waals surface area (Å²) in [6.07, 6.45) is 0. The van der Waals surface area contributed by atoms with E-state index in [-0.39, 0.29) is 17.5 Å². The van der Waals surface area contributed by atoms with Crippen LogP contribution in [0.2, 0.25) is 0 Å². The van der Waals surface area contributed by atoms with Crippen molar-refractivity contribution in [1.82, 2.24) is 14.8 Å². The summed E-state index contributed by atoms with van der Waals surface area (Å²) >= 11 is 0. The van der Waals surface area contributed by atoms with Crippen molar-refractivity contribution in [2.45, 2.75) is 31.7 Å². The maximum Gasteiger partial charge on any atom is 0.246 e. The molecule has 3 rings (SSSR count). The molecule has 1 fully saturated rings. The van der Waals surface area contributed by atoms with Gasteiger partial charge in [0.15, 0.2) is 5.76 Å². The maximum atomic E-state index is 12.8. The molecule has 8 heteroatoms. The largest absolute Gasteiger partial charge is 0.379 e. The van der Waals surface area contributed by atoms with Gasteiger partial charge in [-0.3, -0.25) is 4.90 Å². The number of rotatable bonds is 6. The molecular weight excluding hydrogens is 354 g/mol. The molecule has 1 aliphatic rings. The second-order valence-electron chi connectivity index (χ2n) is 6.58. The van der Waals surface area contributed by atoms with E-state index in [0.717, 1.165) is 18.7 Å². The minimum atomic E-state index is -3.69. The van der Waals surface area contributed by atoms with Gasteiger partial charge in [-0.1, -0.05) is 35.0 Å². The lowest BCUT2D eigenvalue weighted by molar-refractivity contribution is 0.0172. The van der Waals surface area contributed by atoms with Gasteiger partial charge < -0.3 is 9.26 Å². The number of sulfonamides is 1. The topological polar surface area (TPSA) is 84.7 Å². The summed E-state index contributed by atoms with van der Waals surface area (Å²) in [6, 6.07) is 8.14. The van der Waals surface area contributed by atoms with Crippen molar-refractivity contribution in [2.75, 3.05) is 32.8 Å². The molecule has 1 atom stereocenters. The van der Waals surface area contributed by atoms with E-state index < -0.39 is 10.0 Å². The van der Waals surface area contributed by atoms with Crippen LogP contribution in [-0.2, 0) is 14.8 Å². The molecule has 2 aromatic rings. The van der Waals surface area contributed by atoms with Crippen molar-refractivity contribution < 1.29 is 17.7 Å². The third-order valence-corrected chi connectivity index (χ3v) is 6.32. The molecule has 142 valence electrons. The Bertz CT molecular complexity index is 820. The molecule has 0 aliphatic carbocycles. The van der Waals surface area contributed by atoms with Crippen LogP contribution >= 0.6 is 0 Å². The smallest absolute Gasteiger partial charge is 0.246 e. The zero-order valence-electron chi connectivity index (χ0n) is 15.4. The molecule has 1 aromatic carbocycles. The van der Waals surface area contributed by atoms with E-state index in [1.54, 1.807) is 13.8 Å². The van der Waals surface area contributed by atoms with Crippen LogP contribution in [0, 0.1) is 20.8 Å². The third-order valence-electron chi connectivity index (χ3n) is 4.65. The van der Waals surface area contributed by atoms with Crippen molar-refractivity contribution in [3.05, 3.63) is 46.8 Å². The van der Waals surface area contributed by atoms with Crippen LogP contribution in [0.1, 0.15) is 28.6 Å². The fourth-order valence-electron chi connectivity index (χ4n) is 3.25. The van der Waals surface area contributed by atoms with Crippen LogP contribution in [0.15, 0.2) is 33.7 Å². The Morgan fingerprint density at radius 3 is 2.38 bits per heavy atom. The first kappa shape index (κ1) is 19.0. The third kappa shape index (κ3) is 4.15. The van der Waals surface area contributed by atoms with E-state index in [2.05, 4.69) is 26.9 Å². The van der Waals surface area contributed by atoms with E-state index >= 15 is 0 Å². The van der Waals surface area contributed by atoms with Gasteiger partial charge in [-0.2, -0.15) is 0 Å². The molecule has 1 unspecified atom stereocenters. The fraction of sp³-hybridized carbons (Fsp3) is 0.500. The molecule has 1 saturated heterocycles. The zero-order valence-corrected chi connectivity index (χ0v) is 16.2. The van der Waals surface area contributed by atoms with Gasteiger partial charge in [-0.25, -0.2) is 13.1 Å². The number of hydrogen-bond donors (Lipinski definition) is 1. The fourth-order valence-corrected chi connectivity index (χ4v) is 4.62. The van der Waals surface area contributed by atoms with Gasteiger partial charge in [0.25, 0.3) is 0 Å². The number of nitrogens with one attached hydrogen (secondary N) is 1. The molecule has 1 aromatic heterocycles. The Hall–Kier alpha value is -1.74. The molecule has 0 radical (unpaired) electrons. The van der Waals surface area contributed by atoms with Crippen LogP contribution in [-0.4, -0.2) is 51.3 Å². The second-order valence-corrected chi connectivity index (χ2v) is 8.28. The molecular formula is C18H25N3O4S. The van der Waals surface area contributed by atoms with Crippen molar-refractivity contribution in [3.63, 3.8) is 0 Å². The summed E-state index contributed by atoms with van der Waals surface area (Å²) in [5.41, 5.74) is 2.62. The van der Waals surface area contributed by atoms with Gasteiger partial charge in [-0.05, 0) is 26.3 Å². The Labute approximate surface area is 154 Å². The molecule has 26 heavy (non-hydrogen) atoms. The van der Waals surface area contributed by atoms with Crippen molar-refractivity contribution in [2.24, 2.45) is 0 Å². The molecule has 0 saturated carbocycles. The number of aromatic nitrogens is 1. The quantitative estimate of drug-likeness (QED) is 0.826. The van der Waals surface area contributed by atoms with Gasteiger partial charge in [0.2, 0.25) is 10.0 Å². The molecule has 0 amide bonds. The molecule has 0 bridgehead atoms. The average molecular weight is 379 g/mol. The van der Waals surface area contributed by atoms with Crippen LogP contribution in [0.25, 0.3) is 0 Å². The van der Waals surface area contributed by atoms with Gasteiger partial charge in [0, 0.05) is 25.7 Å². The molecule has 7 nitrogen and oxygen atoms in total. The molecule has 2 heterocycles. The summed E-state index contributed by atoms with van der Waals surface area (Å²) in [5, 5.41) is 3.75. The highest BCUT2D eigenvalue weighted by Crippen LogP contribution is 2.24. The minimum absolute atomic E-state index is 0.0604. The highest BCUT2D eigenvalue weighted by Gasteiger charge is 2.28. The van der Waals surface area contributed by atoms with Gasteiger partial charge >= 0.3 is 0 Å². The van der Waals surface area contributed by atoms with Crippen LogP contribution in [0.3, 0.4) is 0 Å². The van der Waals surface area contributed by atoms with Gasteiger partial charge in [-0.15, -0.1) is 0 Å². The maximum absolute atomic E-state index is 12.8. The van der Waals surface area contributed by atoms with Crippen LogP contribution in [0.5, 0.6) is 0 Å². The summed E-state index contributed by atoms with van der Waals surface area (Å²) in [4.78, 5) is 2.38. The summed E-state index contributed by atoms with van der Waals surface area (Å²) < 4.78 is 38.7. The number of ether oxygens (including phenoxy) is 1. The molecule has 1 N–H and O–H groups in total. The normalized spacial score (nSPS) is 17.3. The lowest BCUT2D eigenvalue weighted by Crippen LogP contribution is -2.43. The van der Waals surface area contributed by atoms with E-state index in [1.807, 2.05) is 19.1 Å². The zero-order chi connectivity index (χ0) is 18.7. The predicted molar refractivity (Wildman–Crippen MR) is 97.5 cm³/mol. The van der Waals surface area contributed by atoms with Crippen molar-refractivity contribution >= 4 is 10.0 Å². The predicted octanol–water partition coefficient (Wildman–Crippen LogP) is 1.95. The number of morpholine rings is 1. The Morgan fingerprint density at radius 2 is 1.81 bits per heavy atom. The van der Waals surface area contributed by atoms with E-state index in [9.17, 15) is 8.42 Å². The number of aryl methyl sites for hydroxylation is 3. The average Bonchev–Trinajstić information content (AvgIpc) is 2.97. The number of benzene rings is 1. The first-order chi connectivity index (χ1) is 12.4. The first-order valence-electron chi connectivity index (χ1n) is 8.69. The van der Waals surface area contributed by atoms with Gasteiger partial charge in [0.1, 0.15) is 10.6 Å². The lowest BCUT2D eigenvalue weighted by atomic mass is 10.0. The summed E-state index contributed by atoms with van der Waals surface area (Å²) in [7, 11) is -3.69. The standard InChI is InChI=1S/C18H25N3O4S/c1-13-4-6-16(7-5-13)17(21-8-10-24-11-9-21)12-19-26(22,23)18-14(2)20-25-15(18)3/h4-7,17,19H,8-12H2,1-3H3. The first-order valence-corrected chi connectivity index (χ1v) is 10.2. The van der Waals surface area contributed by atoms with Crippen molar-refractivity contribution in [3.8, 4) is 0 Å². The SMILES string of the molecule is Cc1ccc(C(CNS(=O)(=O)c2c(C)noc2C)N2CCOCC2)cc1. The second kappa shape index (κ2) is 7.87. The Morgan fingerprint density at radius 1 is 1.15 bits per heavy atom. The number of hydrogen-bond acceptors (Lipinski definition) is 6. The summed E-state index contributed by atoms with van der Waals surface area (Å²) in [5.74, 6) is 0.299. The van der Waals surface area contributed by atoms with Gasteiger partial charge in [0.05, 0.1) is 13.2 Å². The lowest BCUT2D eigenvalue weighted by Gasteiger charge is -2.35. The van der Waals surface area contributed by atoms with E-state index in [1.165, 1.54) is 5.56 Å². The van der Waals surface area contributed by atoms with Crippen LogP contribution in [0.4, 0.5) is 0 Å². The Kier molecular flexibility index (Phi) is 5.76. The van der Waals surface area contributed by atoms with E-state index in [4.69, 9.17) is 9.26 Å². The monoisotopic (exact) mass is 379 g/mol. The van der Waals surface area contributed by atoms with E-state index in [0.29, 0.717) is 24.7 Å². The minimum Gasteiger partial charge on any atom is -0.379 e. The molecule has 0 spiro atoms. The highest BCUT2D eigenvalue weighted by molar-refractivity contribution is 7.89. The van der Waals surface area contributed by atoms with Crippen LogP contribution < -0.4 is 4.72 Å². The summed E-state index contributed by atoms with van der Waals surface area (Å²) in [6.45, 7) is 8.39. The number of nitrogens with zero attached hydrogens (tertiary/aromatic N) is 2. The van der Waals surface area contributed by atoms with Crippen molar-refractivity contribution in [1.29, 1.82) is 0 Å². The Balaban J connectivity index is 1.82. The molecule has 1 aliphatic heterocycles. The highest BCUT2D eigenvalue weighted by atomic mass is 32.2.